The van der Waals surface area contributed by atoms with E-state index in [0.29, 0.717) is 6.42 Å². The van der Waals surface area contributed by atoms with Crippen LogP contribution in [0.15, 0.2) is 12.1 Å². The van der Waals surface area contributed by atoms with E-state index in [2.05, 4.69) is 13.8 Å². The van der Waals surface area contributed by atoms with Gasteiger partial charge in [-0.15, -0.1) is 0 Å². The van der Waals surface area contributed by atoms with Crippen LogP contribution < -0.4 is 0 Å². The second-order valence-corrected chi connectivity index (χ2v) is 7.06. The van der Waals surface area contributed by atoms with Crippen molar-refractivity contribution in [3.63, 3.8) is 0 Å². The molecule has 0 aliphatic carbocycles. The van der Waals surface area contributed by atoms with Crippen LogP contribution in [0.1, 0.15) is 110 Å². The normalized spacial score (nSPS) is 10.8. The van der Waals surface area contributed by atoms with Crippen molar-refractivity contribution in [2.24, 2.45) is 0 Å². The highest BCUT2D eigenvalue weighted by Crippen LogP contribution is 2.25. The Morgan fingerprint density at radius 1 is 0.731 bits per heavy atom. The van der Waals surface area contributed by atoms with Crippen LogP contribution in [0.4, 0.5) is 0 Å². The van der Waals surface area contributed by atoms with Gasteiger partial charge in [-0.2, -0.15) is 0 Å². The highest BCUT2D eigenvalue weighted by molar-refractivity contribution is 6.03. The maximum Gasteiger partial charge on any atom is 0.336 e. The number of aryl methyl sites for hydroxylation is 1. The van der Waals surface area contributed by atoms with E-state index in [0.717, 1.165) is 56.1 Å². The molecule has 0 saturated carbocycles. The summed E-state index contributed by atoms with van der Waals surface area (Å²) < 4.78 is 0. The highest BCUT2D eigenvalue weighted by atomic mass is 16.4. The maximum atomic E-state index is 11.8. The first-order chi connectivity index (χ1) is 12.5. The summed E-state index contributed by atoms with van der Waals surface area (Å²) in [5, 5.41) is 19.0. The molecule has 0 aliphatic rings. The molecule has 26 heavy (non-hydrogen) atoms. The second kappa shape index (κ2) is 12.5. The number of carboxylic acids is 2. The fourth-order valence-electron chi connectivity index (χ4n) is 3.46. The number of carboxylic acid groups (broad SMARTS) is 2. The Bertz CT molecular complexity index is 578. The first-order valence-corrected chi connectivity index (χ1v) is 10.1. The second-order valence-electron chi connectivity index (χ2n) is 7.06. The van der Waals surface area contributed by atoms with Crippen LogP contribution >= 0.6 is 0 Å². The molecule has 0 aliphatic heterocycles. The van der Waals surface area contributed by atoms with Gasteiger partial charge in [0.25, 0.3) is 0 Å². The molecule has 0 amide bonds. The third-order valence-electron chi connectivity index (χ3n) is 4.93. The molecule has 0 unspecified atom stereocenters. The average Bonchev–Trinajstić information content (AvgIpc) is 2.61. The number of benzene rings is 1. The standard InChI is InChI=1S/C22H34O4/c1-3-5-7-9-11-13-17-15-16-19(21(23)24)20(22(25)26)18(17)14-12-10-8-6-4-2/h15-16H,3-14H2,1-2H3,(H,23,24)(H,25,26). The molecule has 0 heterocycles. The Morgan fingerprint density at radius 2 is 1.27 bits per heavy atom. The van der Waals surface area contributed by atoms with Gasteiger partial charge in [0.1, 0.15) is 0 Å². The molecule has 0 fully saturated rings. The van der Waals surface area contributed by atoms with Gasteiger partial charge >= 0.3 is 11.9 Å². The van der Waals surface area contributed by atoms with Gasteiger partial charge in [-0.25, -0.2) is 9.59 Å². The molecule has 146 valence electrons. The number of unbranched alkanes of at least 4 members (excludes halogenated alkanes) is 8. The van der Waals surface area contributed by atoms with Crippen LogP contribution in [0.5, 0.6) is 0 Å². The van der Waals surface area contributed by atoms with Crippen LogP contribution in [0.3, 0.4) is 0 Å². The average molecular weight is 363 g/mol. The van der Waals surface area contributed by atoms with Gasteiger partial charge in [-0.1, -0.05) is 71.3 Å². The fraction of sp³-hybridized carbons (Fsp3) is 0.636. The molecule has 4 nitrogen and oxygen atoms in total. The molecule has 1 rings (SSSR count). The van der Waals surface area contributed by atoms with E-state index in [9.17, 15) is 19.8 Å². The monoisotopic (exact) mass is 362 g/mol. The zero-order chi connectivity index (χ0) is 19.4. The Kier molecular flexibility index (Phi) is 10.7. The lowest BCUT2D eigenvalue weighted by atomic mass is 9.89. The minimum Gasteiger partial charge on any atom is -0.478 e. The predicted octanol–water partition coefficient (Wildman–Crippen LogP) is 6.11. The largest absolute Gasteiger partial charge is 0.478 e. The molecule has 0 spiro atoms. The van der Waals surface area contributed by atoms with Gasteiger partial charge in [0.05, 0.1) is 11.1 Å². The zero-order valence-electron chi connectivity index (χ0n) is 16.4. The molecule has 0 bridgehead atoms. The minimum atomic E-state index is -1.16. The van der Waals surface area contributed by atoms with E-state index >= 15 is 0 Å². The molecule has 0 aromatic heterocycles. The number of hydrogen-bond acceptors (Lipinski definition) is 2. The lowest BCUT2D eigenvalue weighted by Gasteiger charge is -2.15. The summed E-state index contributed by atoms with van der Waals surface area (Å²) in [5.41, 5.74) is 1.67. The van der Waals surface area contributed by atoms with E-state index in [-0.39, 0.29) is 11.1 Å². The van der Waals surface area contributed by atoms with E-state index < -0.39 is 11.9 Å². The Morgan fingerprint density at radius 3 is 1.77 bits per heavy atom. The molecular formula is C22H34O4. The molecule has 1 aromatic rings. The van der Waals surface area contributed by atoms with Gasteiger partial charge in [0, 0.05) is 0 Å². The van der Waals surface area contributed by atoms with Crippen molar-refractivity contribution in [2.45, 2.75) is 90.9 Å². The minimum absolute atomic E-state index is 0.000880. The van der Waals surface area contributed by atoms with Crippen molar-refractivity contribution >= 4 is 11.9 Å². The Labute approximate surface area is 157 Å². The predicted molar refractivity (Wildman–Crippen MR) is 105 cm³/mol. The number of rotatable bonds is 14. The summed E-state index contributed by atoms with van der Waals surface area (Å²) in [4.78, 5) is 23.3. The first kappa shape index (κ1) is 22.2. The number of aromatic carboxylic acids is 2. The molecule has 1 aromatic carbocycles. The van der Waals surface area contributed by atoms with Crippen molar-refractivity contribution < 1.29 is 19.8 Å². The summed E-state index contributed by atoms with van der Waals surface area (Å²) in [6, 6.07) is 3.30. The van der Waals surface area contributed by atoms with Crippen molar-refractivity contribution in [3.05, 3.63) is 34.4 Å². The molecule has 0 radical (unpaired) electrons. The smallest absolute Gasteiger partial charge is 0.336 e. The Balaban J connectivity index is 2.96. The highest BCUT2D eigenvalue weighted by Gasteiger charge is 2.22. The fourth-order valence-corrected chi connectivity index (χ4v) is 3.46. The summed E-state index contributed by atoms with van der Waals surface area (Å²) in [5.74, 6) is -2.29. The molecular weight excluding hydrogens is 328 g/mol. The van der Waals surface area contributed by atoms with Crippen LogP contribution in [0, 0.1) is 0 Å². The van der Waals surface area contributed by atoms with E-state index in [4.69, 9.17) is 0 Å². The molecule has 2 N–H and O–H groups in total. The molecule has 0 atom stereocenters. The maximum absolute atomic E-state index is 11.8. The van der Waals surface area contributed by atoms with E-state index in [1.165, 1.54) is 31.7 Å². The third-order valence-corrected chi connectivity index (χ3v) is 4.93. The summed E-state index contributed by atoms with van der Waals surface area (Å²) >= 11 is 0. The van der Waals surface area contributed by atoms with Crippen LogP contribution in [0.25, 0.3) is 0 Å². The lowest BCUT2D eigenvalue weighted by molar-refractivity contribution is 0.0650. The zero-order valence-corrected chi connectivity index (χ0v) is 16.4. The van der Waals surface area contributed by atoms with Gasteiger partial charge < -0.3 is 10.2 Å². The molecule has 0 saturated heterocycles. The topological polar surface area (TPSA) is 74.6 Å². The van der Waals surface area contributed by atoms with Crippen LogP contribution in [0.2, 0.25) is 0 Å². The summed E-state index contributed by atoms with van der Waals surface area (Å²) in [6.45, 7) is 4.34. The summed E-state index contributed by atoms with van der Waals surface area (Å²) in [7, 11) is 0. The number of hydrogen-bond donors (Lipinski definition) is 2. The van der Waals surface area contributed by atoms with Gasteiger partial charge in [-0.05, 0) is 42.9 Å². The van der Waals surface area contributed by atoms with Gasteiger partial charge in [0.2, 0.25) is 0 Å². The van der Waals surface area contributed by atoms with Crippen LogP contribution in [-0.2, 0) is 12.8 Å². The third kappa shape index (κ3) is 7.19. The first-order valence-electron chi connectivity index (χ1n) is 10.1. The van der Waals surface area contributed by atoms with Crippen molar-refractivity contribution in [3.8, 4) is 0 Å². The van der Waals surface area contributed by atoms with Gasteiger partial charge in [0.15, 0.2) is 0 Å². The van der Waals surface area contributed by atoms with E-state index in [1.807, 2.05) is 6.07 Å². The summed E-state index contributed by atoms with van der Waals surface area (Å²) in [6.07, 6.45) is 12.7. The quantitative estimate of drug-likeness (QED) is 0.392. The molecule has 4 heteroatoms. The van der Waals surface area contributed by atoms with Gasteiger partial charge in [-0.3, -0.25) is 0 Å². The van der Waals surface area contributed by atoms with Crippen LogP contribution in [-0.4, -0.2) is 22.2 Å². The number of carbonyl (C=O) groups is 2. The Hall–Kier alpha value is -1.84. The lowest BCUT2D eigenvalue weighted by Crippen LogP contribution is -2.14. The van der Waals surface area contributed by atoms with E-state index in [1.54, 1.807) is 0 Å². The SMILES string of the molecule is CCCCCCCc1ccc(C(=O)O)c(C(=O)O)c1CCCCCCC. The van der Waals surface area contributed by atoms with Crippen molar-refractivity contribution in [1.82, 2.24) is 0 Å². The van der Waals surface area contributed by atoms with Crippen molar-refractivity contribution in [2.75, 3.05) is 0 Å². The van der Waals surface area contributed by atoms with Crippen molar-refractivity contribution in [1.29, 1.82) is 0 Å².